The first-order valence-corrected chi connectivity index (χ1v) is 6.34. The van der Waals surface area contributed by atoms with Crippen molar-refractivity contribution in [3.63, 3.8) is 0 Å². The van der Waals surface area contributed by atoms with Crippen molar-refractivity contribution in [2.45, 2.75) is 45.4 Å². The minimum absolute atomic E-state index is 0.485. The molecule has 0 aromatic carbocycles. The molecule has 0 fully saturated rings. The summed E-state index contributed by atoms with van der Waals surface area (Å²) >= 11 is 3.68. The number of aryl methyl sites for hydroxylation is 2. The van der Waals surface area contributed by atoms with E-state index in [4.69, 9.17) is 0 Å². The Morgan fingerprint density at radius 2 is 1.73 bits per heavy atom. The summed E-state index contributed by atoms with van der Waals surface area (Å²) in [7, 11) is 0. The maximum atomic E-state index is 4.44. The number of halogens is 1. The molecule has 0 spiro atoms. The molecule has 0 aliphatic carbocycles. The lowest BCUT2D eigenvalue weighted by molar-refractivity contribution is 0.564. The van der Waals surface area contributed by atoms with Gasteiger partial charge in [0.1, 0.15) is 5.82 Å². The topological polar surface area (TPSA) is 25.8 Å². The smallest absolute Gasteiger partial charge is 0.129 e. The summed E-state index contributed by atoms with van der Waals surface area (Å²) in [5.74, 6) is 1.66. The number of rotatable bonds is 4. The summed E-state index contributed by atoms with van der Waals surface area (Å²) in [6, 6.07) is 2.01. The van der Waals surface area contributed by atoms with Crippen LogP contribution in [0, 0.1) is 19.8 Å². The molecule has 0 aliphatic heterocycles. The number of aromatic nitrogens is 2. The molecule has 84 valence electrons. The monoisotopic (exact) mass is 270 g/mol. The highest BCUT2D eigenvalue weighted by molar-refractivity contribution is 9.09. The molecule has 1 heterocycles. The van der Waals surface area contributed by atoms with Crippen LogP contribution >= 0.6 is 15.9 Å². The zero-order valence-electron chi connectivity index (χ0n) is 9.92. The van der Waals surface area contributed by atoms with Crippen molar-refractivity contribution in [3.8, 4) is 0 Å². The quantitative estimate of drug-likeness (QED) is 0.784. The van der Waals surface area contributed by atoms with Gasteiger partial charge in [-0.2, -0.15) is 0 Å². The van der Waals surface area contributed by atoms with E-state index in [1.165, 1.54) is 0 Å². The maximum absolute atomic E-state index is 4.44. The second-order valence-electron chi connectivity index (χ2n) is 4.50. The van der Waals surface area contributed by atoms with E-state index in [1.807, 2.05) is 19.9 Å². The normalized spacial score (nSPS) is 13.2. The summed E-state index contributed by atoms with van der Waals surface area (Å²) in [5.41, 5.74) is 2.11. The average Bonchev–Trinajstić information content (AvgIpc) is 1.98. The average molecular weight is 271 g/mol. The standard InChI is InChI=1S/C12H19BrN2/c1-8(2)5-11(13)7-12-14-9(3)6-10(4)15-12/h6,8,11H,5,7H2,1-4H3. The van der Waals surface area contributed by atoms with Gasteiger partial charge in [0.15, 0.2) is 0 Å². The van der Waals surface area contributed by atoms with E-state index in [-0.39, 0.29) is 0 Å². The first kappa shape index (κ1) is 12.6. The fourth-order valence-corrected chi connectivity index (χ4v) is 2.72. The van der Waals surface area contributed by atoms with Crippen molar-refractivity contribution in [1.82, 2.24) is 9.97 Å². The molecule has 0 saturated carbocycles. The van der Waals surface area contributed by atoms with Gasteiger partial charge in [0.05, 0.1) is 0 Å². The Morgan fingerprint density at radius 1 is 1.20 bits per heavy atom. The summed E-state index contributed by atoms with van der Waals surface area (Å²) in [6.45, 7) is 8.50. The van der Waals surface area contributed by atoms with Gasteiger partial charge in [-0.1, -0.05) is 29.8 Å². The van der Waals surface area contributed by atoms with Crippen LogP contribution in [0.2, 0.25) is 0 Å². The SMILES string of the molecule is Cc1cc(C)nc(CC(Br)CC(C)C)n1. The third kappa shape index (κ3) is 4.74. The van der Waals surface area contributed by atoms with Gasteiger partial charge in [-0.25, -0.2) is 9.97 Å². The molecule has 0 aliphatic rings. The van der Waals surface area contributed by atoms with E-state index >= 15 is 0 Å². The van der Waals surface area contributed by atoms with Crippen LogP contribution in [-0.2, 0) is 6.42 Å². The van der Waals surface area contributed by atoms with Gasteiger partial charge in [-0.15, -0.1) is 0 Å². The fourth-order valence-electron chi connectivity index (χ4n) is 1.68. The lowest BCUT2D eigenvalue weighted by Crippen LogP contribution is -2.10. The molecule has 0 radical (unpaired) electrons. The predicted molar refractivity (Wildman–Crippen MR) is 67.4 cm³/mol. The van der Waals surface area contributed by atoms with Crippen LogP contribution in [0.4, 0.5) is 0 Å². The van der Waals surface area contributed by atoms with E-state index in [0.717, 1.165) is 30.1 Å². The molecule has 2 nitrogen and oxygen atoms in total. The van der Waals surface area contributed by atoms with Crippen molar-refractivity contribution < 1.29 is 0 Å². The molecule has 1 aromatic heterocycles. The van der Waals surface area contributed by atoms with E-state index < -0.39 is 0 Å². The van der Waals surface area contributed by atoms with E-state index in [2.05, 4.69) is 39.7 Å². The second-order valence-corrected chi connectivity index (χ2v) is 5.79. The van der Waals surface area contributed by atoms with E-state index in [9.17, 15) is 0 Å². The van der Waals surface area contributed by atoms with Gasteiger partial charge >= 0.3 is 0 Å². The number of alkyl halides is 1. The first-order valence-electron chi connectivity index (χ1n) is 5.42. The molecule has 0 bridgehead atoms. The Morgan fingerprint density at radius 3 is 2.20 bits per heavy atom. The summed E-state index contributed by atoms with van der Waals surface area (Å²) in [5, 5.41) is 0. The zero-order valence-corrected chi connectivity index (χ0v) is 11.5. The van der Waals surface area contributed by atoms with Gasteiger partial charge in [0.2, 0.25) is 0 Å². The third-order valence-corrected chi connectivity index (χ3v) is 2.86. The van der Waals surface area contributed by atoms with Crippen molar-refractivity contribution in [3.05, 3.63) is 23.3 Å². The third-order valence-electron chi connectivity index (χ3n) is 2.16. The summed E-state index contributed by atoms with van der Waals surface area (Å²) in [6.07, 6.45) is 2.08. The zero-order chi connectivity index (χ0) is 11.4. The molecule has 0 N–H and O–H groups in total. The highest BCUT2D eigenvalue weighted by Gasteiger charge is 2.10. The van der Waals surface area contributed by atoms with Crippen LogP contribution in [0.15, 0.2) is 6.07 Å². The van der Waals surface area contributed by atoms with Crippen LogP contribution in [0.25, 0.3) is 0 Å². The molecule has 1 rings (SSSR count). The molecule has 15 heavy (non-hydrogen) atoms. The predicted octanol–water partition coefficient (Wildman–Crippen LogP) is 3.45. The first-order chi connectivity index (χ1) is 6.97. The van der Waals surface area contributed by atoms with Crippen LogP contribution in [0.5, 0.6) is 0 Å². The Kier molecular flexibility index (Phi) is 4.71. The Hall–Kier alpha value is -0.440. The van der Waals surface area contributed by atoms with Crippen LogP contribution in [0.1, 0.15) is 37.5 Å². The number of hydrogen-bond donors (Lipinski definition) is 0. The maximum Gasteiger partial charge on any atom is 0.129 e. The minimum atomic E-state index is 0.485. The van der Waals surface area contributed by atoms with Crippen LogP contribution in [0.3, 0.4) is 0 Å². The fraction of sp³-hybridized carbons (Fsp3) is 0.667. The van der Waals surface area contributed by atoms with Gasteiger partial charge in [0, 0.05) is 22.6 Å². The lowest BCUT2D eigenvalue weighted by Gasteiger charge is -2.11. The van der Waals surface area contributed by atoms with E-state index in [0.29, 0.717) is 10.7 Å². The van der Waals surface area contributed by atoms with Crippen molar-refractivity contribution in [2.75, 3.05) is 0 Å². The van der Waals surface area contributed by atoms with Crippen LogP contribution in [-0.4, -0.2) is 14.8 Å². The molecule has 1 unspecified atom stereocenters. The Labute approximate surface area is 101 Å². The molecule has 0 amide bonds. The molecule has 1 atom stereocenters. The highest BCUT2D eigenvalue weighted by Crippen LogP contribution is 2.16. The van der Waals surface area contributed by atoms with Crippen LogP contribution < -0.4 is 0 Å². The number of nitrogens with zero attached hydrogens (tertiary/aromatic N) is 2. The van der Waals surface area contributed by atoms with E-state index in [1.54, 1.807) is 0 Å². The molecular formula is C12H19BrN2. The molecule has 0 saturated heterocycles. The summed E-state index contributed by atoms with van der Waals surface area (Å²) in [4.78, 5) is 9.37. The van der Waals surface area contributed by atoms with Crippen molar-refractivity contribution in [1.29, 1.82) is 0 Å². The highest BCUT2D eigenvalue weighted by atomic mass is 79.9. The van der Waals surface area contributed by atoms with Gasteiger partial charge in [-0.05, 0) is 32.3 Å². The van der Waals surface area contributed by atoms with Crippen molar-refractivity contribution >= 4 is 15.9 Å². The van der Waals surface area contributed by atoms with Gasteiger partial charge < -0.3 is 0 Å². The van der Waals surface area contributed by atoms with Gasteiger partial charge in [0.25, 0.3) is 0 Å². The van der Waals surface area contributed by atoms with Gasteiger partial charge in [-0.3, -0.25) is 0 Å². The van der Waals surface area contributed by atoms with Crippen molar-refractivity contribution in [2.24, 2.45) is 5.92 Å². The molecule has 3 heteroatoms. The number of hydrogen-bond acceptors (Lipinski definition) is 2. The minimum Gasteiger partial charge on any atom is -0.238 e. The molecule has 1 aromatic rings. The Balaban J connectivity index is 2.63. The molecular weight excluding hydrogens is 252 g/mol. The Bertz CT molecular complexity index is 303. The summed E-state index contributed by atoms with van der Waals surface area (Å²) < 4.78 is 0. The largest absolute Gasteiger partial charge is 0.238 e. The lowest BCUT2D eigenvalue weighted by atomic mass is 10.1. The second kappa shape index (κ2) is 5.59.